The minimum atomic E-state index is -0.0318. The zero-order valence-electron chi connectivity index (χ0n) is 11.5. The Labute approximate surface area is 132 Å². The van der Waals surface area contributed by atoms with E-state index in [1.807, 2.05) is 12.1 Å². The number of nitrogens with two attached hydrogens (primary N) is 1. The van der Waals surface area contributed by atoms with Crippen LogP contribution in [-0.4, -0.2) is 41.5 Å². The van der Waals surface area contributed by atoms with Gasteiger partial charge in [0.1, 0.15) is 0 Å². The highest BCUT2D eigenvalue weighted by molar-refractivity contribution is 7.22. The molecule has 1 fully saturated rings. The summed E-state index contributed by atoms with van der Waals surface area (Å²) in [5.41, 5.74) is 6.71. The molecule has 5 nitrogen and oxygen atoms in total. The summed E-state index contributed by atoms with van der Waals surface area (Å²) < 4.78 is 0.974. The number of fused-ring (bicyclic) bond motifs is 1. The van der Waals surface area contributed by atoms with Gasteiger partial charge in [-0.1, -0.05) is 22.9 Å². The number of hydrogen-bond donors (Lipinski definition) is 2. The predicted molar refractivity (Wildman–Crippen MR) is 86.9 cm³/mol. The summed E-state index contributed by atoms with van der Waals surface area (Å²) in [6.07, 6.45) is 1.90. The van der Waals surface area contributed by atoms with Gasteiger partial charge in [0.25, 0.3) is 0 Å². The molecule has 7 heteroatoms. The molecule has 0 radical (unpaired) electrons. The number of thiazole rings is 1. The van der Waals surface area contributed by atoms with Crippen molar-refractivity contribution in [2.24, 2.45) is 5.73 Å². The van der Waals surface area contributed by atoms with Crippen LogP contribution < -0.4 is 11.1 Å². The van der Waals surface area contributed by atoms with Crippen molar-refractivity contribution in [1.29, 1.82) is 0 Å². The first-order chi connectivity index (χ1) is 10.1. The van der Waals surface area contributed by atoms with Crippen molar-refractivity contribution in [3.05, 3.63) is 23.2 Å². The van der Waals surface area contributed by atoms with E-state index in [-0.39, 0.29) is 11.9 Å². The number of halogens is 1. The maximum Gasteiger partial charge on any atom is 0.240 e. The largest absolute Gasteiger partial charge is 0.328 e. The van der Waals surface area contributed by atoms with Gasteiger partial charge < -0.3 is 11.1 Å². The normalized spacial score (nSPS) is 17.2. The number of aromatic nitrogens is 1. The Hall–Kier alpha value is -1.21. The van der Waals surface area contributed by atoms with Crippen molar-refractivity contribution in [2.75, 3.05) is 25.0 Å². The van der Waals surface area contributed by atoms with Crippen molar-refractivity contribution < 1.29 is 4.79 Å². The van der Waals surface area contributed by atoms with E-state index in [2.05, 4.69) is 15.2 Å². The second-order valence-corrected chi connectivity index (χ2v) is 6.76. The Morgan fingerprint density at radius 3 is 3.00 bits per heavy atom. The molecule has 2 aromatic rings. The van der Waals surface area contributed by atoms with E-state index >= 15 is 0 Å². The molecule has 0 aliphatic carbocycles. The van der Waals surface area contributed by atoms with Crippen LogP contribution in [0, 0.1) is 0 Å². The first kappa shape index (κ1) is 14.7. The summed E-state index contributed by atoms with van der Waals surface area (Å²) in [5, 5.41) is 4.15. The van der Waals surface area contributed by atoms with Gasteiger partial charge in [0.2, 0.25) is 5.91 Å². The summed E-state index contributed by atoms with van der Waals surface area (Å²) in [4.78, 5) is 18.6. The molecule has 1 aromatic heterocycles. The molecule has 1 aliphatic rings. The Balaban J connectivity index is 1.60. The Morgan fingerprint density at radius 1 is 1.48 bits per heavy atom. The first-order valence-corrected chi connectivity index (χ1v) is 8.13. The highest BCUT2D eigenvalue weighted by Crippen LogP contribution is 2.28. The molecule has 2 heterocycles. The van der Waals surface area contributed by atoms with Crippen molar-refractivity contribution in [1.82, 2.24) is 9.88 Å². The van der Waals surface area contributed by atoms with Gasteiger partial charge in [-0.2, -0.15) is 0 Å². The third kappa shape index (κ3) is 3.71. The smallest absolute Gasteiger partial charge is 0.240 e. The number of nitrogens with zero attached hydrogens (tertiary/aromatic N) is 2. The Bertz CT molecular complexity index is 651. The molecule has 112 valence electrons. The lowest BCUT2D eigenvalue weighted by Crippen LogP contribution is -2.43. The van der Waals surface area contributed by atoms with E-state index in [0.29, 0.717) is 16.7 Å². The molecule has 1 aromatic carbocycles. The SMILES string of the molecule is NC1CCN(CC(=O)Nc2nc3ccc(Cl)cc3s2)CC1. The number of nitrogens with one attached hydrogen (secondary N) is 1. The number of carbonyl (C=O) groups excluding carboxylic acids is 1. The molecule has 1 saturated heterocycles. The van der Waals surface area contributed by atoms with Crippen LogP contribution in [0.3, 0.4) is 0 Å². The third-order valence-corrected chi connectivity index (χ3v) is 4.76. The van der Waals surface area contributed by atoms with E-state index in [9.17, 15) is 4.79 Å². The quantitative estimate of drug-likeness (QED) is 0.909. The summed E-state index contributed by atoms with van der Waals surface area (Å²) in [6.45, 7) is 2.15. The van der Waals surface area contributed by atoms with Gasteiger partial charge in [0, 0.05) is 24.2 Å². The van der Waals surface area contributed by atoms with Crippen LogP contribution in [0.15, 0.2) is 18.2 Å². The molecule has 21 heavy (non-hydrogen) atoms. The van der Waals surface area contributed by atoms with Gasteiger partial charge >= 0.3 is 0 Å². The molecule has 0 bridgehead atoms. The van der Waals surface area contributed by atoms with Crippen molar-refractivity contribution in [3.63, 3.8) is 0 Å². The number of rotatable bonds is 3. The minimum Gasteiger partial charge on any atom is -0.328 e. The van der Waals surface area contributed by atoms with Gasteiger partial charge in [-0.3, -0.25) is 9.69 Å². The monoisotopic (exact) mass is 324 g/mol. The second kappa shape index (κ2) is 6.27. The maximum atomic E-state index is 12.1. The fourth-order valence-corrected chi connectivity index (χ4v) is 3.58. The lowest BCUT2D eigenvalue weighted by atomic mass is 10.1. The van der Waals surface area contributed by atoms with Crippen LogP contribution >= 0.6 is 22.9 Å². The van der Waals surface area contributed by atoms with Crippen LogP contribution in [0.2, 0.25) is 5.02 Å². The summed E-state index contributed by atoms with van der Waals surface area (Å²) in [6, 6.07) is 5.79. The van der Waals surface area contributed by atoms with E-state index in [1.54, 1.807) is 6.07 Å². The van der Waals surface area contributed by atoms with Crippen molar-refractivity contribution in [3.8, 4) is 0 Å². The molecule has 1 amide bonds. The zero-order valence-corrected chi connectivity index (χ0v) is 13.1. The van der Waals surface area contributed by atoms with Gasteiger partial charge in [-0.15, -0.1) is 0 Å². The lowest BCUT2D eigenvalue weighted by molar-refractivity contribution is -0.117. The number of anilines is 1. The van der Waals surface area contributed by atoms with Gasteiger partial charge in [-0.25, -0.2) is 4.98 Å². The standard InChI is InChI=1S/C14H17ClN4OS/c15-9-1-2-11-12(7-9)21-14(17-11)18-13(20)8-19-5-3-10(16)4-6-19/h1-2,7,10H,3-6,8,16H2,(H,17,18,20). The highest BCUT2D eigenvalue weighted by Gasteiger charge is 2.18. The van der Waals surface area contributed by atoms with Gasteiger partial charge in [0.05, 0.1) is 16.8 Å². The van der Waals surface area contributed by atoms with Crippen LogP contribution in [0.4, 0.5) is 5.13 Å². The van der Waals surface area contributed by atoms with E-state index in [0.717, 1.165) is 36.1 Å². The van der Waals surface area contributed by atoms with Gasteiger partial charge in [0.15, 0.2) is 5.13 Å². The molecule has 0 saturated carbocycles. The fourth-order valence-electron chi connectivity index (χ4n) is 2.42. The van der Waals surface area contributed by atoms with E-state index in [4.69, 9.17) is 17.3 Å². The molecule has 0 atom stereocenters. The van der Waals surface area contributed by atoms with Gasteiger partial charge in [-0.05, 0) is 31.0 Å². The zero-order chi connectivity index (χ0) is 14.8. The van der Waals surface area contributed by atoms with Crippen molar-refractivity contribution >= 4 is 44.2 Å². The summed E-state index contributed by atoms with van der Waals surface area (Å²) in [5.74, 6) is -0.0318. The molecular weight excluding hydrogens is 308 g/mol. The Morgan fingerprint density at radius 2 is 2.24 bits per heavy atom. The van der Waals surface area contributed by atoms with Crippen LogP contribution in [0.1, 0.15) is 12.8 Å². The maximum absolute atomic E-state index is 12.1. The first-order valence-electron chi connectivity index (χ1n) is 6.94. The number of hydrogen-bond acceptors (Lipinski definition) is 5. The Kier molecular flexibility index (Phi) is 4.40. The molecule has 0 unspecified atom stereocenters. The summed E-state index contributed by atoms with van der Waals surface area (Å²) in [7, 11) is 0. The molecular formula is C14H17ClN4OS. The number of piperidine rings is 1. The number of amides is 1. The van der Waals surface area contributed by atoms with Crippen LogP contribution in [0.5, 0.6) is 0 Å². The van der Waals surface area contributed by atoms with Crippen molar-refractivity contribution in [2.45, 2.75) is 18.9 Å². The van der Waals surface area contributed by atoms with E-state index < -0.39 is 0 Å². The second-order valence-electron chi connectivity index (χ2n) is 5.29. The minimum absolute atomic E-state index is 0.0318. The fraction of sp³-hybridized carbons (Fsp3) is 0.429. The van der Waals surface area contributed by atoms with Crippen LogP contribution in [-0.2, 0) is 4.79 Å². The number of benzene rings is 1. The van der Waals surface area contributed by atoms with Crippen LogP contribution in [0.25, 0.3) is 10.2 Å². The molecule has 0 spiro atoms. The highest BCUT2D eigenvalue weighted by atomic mass is 35.5. The third-order valence-electron chi connectivity index (χ3n) is 3.60. The van der Waals surface area contributed by atoms with E-state index in [1.165, 1.54) is 11.3 Å². The lowest BCUT2D eigenvalue weighted by Gasteiger charge is -2.29. The molecule has 3 N–H and O–H groups in total. The topological polar surface area (TPSA) is 71.2 Å². The molecule has 3 rings (SSSR count). The predicted octanol–water partition coefficient (Wildman–Crippen LogP) is 2.31. The molecule has 1 aliphatic heterocycles. The average Bonchev–Trinajstić information content (AvgIpc) is 2.82. The number of carbonyl (C=O) groups is 1. The average molecular weight is 325 g/mol. The number of likely N-dealkylation sites (tertiary alicyclic amines) is 1. The summed E-state index contributed by atoms with van der Waals surface area (Å²) >= 11 is 7.39.